The molecule has 0 aliphatic carbocycles. The molecular formula is C20H19FN2O. The number of piperidine rings is 1. The number of carbonyl (C=O) groups is 1. The molecule has 1 aliphatic heterocycles. The van der Waals surface area contributed by atoms with Gasteiger partial charge in [-0.15, -0.1) is 0 Å². The third-order valence-corrected chi connectivity index (χ3v) is 4.81. The van der Waals surface area contributed by atoms with Crippen LogP contribution in [-0.4, -0.2) is 23.9 Å². The number of nitrogens with zero attached hydrogens (tertiary/aromatic N) is 2. The molecule has 3 nitrogen and oxygen atoms in total. The minimum atomic E-state index is -0.532. The Morgan fingerprint density at radius 1 is 1.08 bits per heavy atom. The van der Waals surface area contributed by atoms with Crippen molar-refractivity contribution in [3.05, 3.63) is 71.5 Å². The highest BCUT2D eigenvalue weighted by molar-refractivity contribution is 5.79. The van der Waals surface area contributed by atoms with Crippen LogP contribution in [0.2, 0.25) is 0 Å². The minimum Gasteiger partial charge on any atom is -0.342 e. The molecule has 0 bridgehead atoms. The zero-order chi connectivity index (χ0) is 17.0. The third-order valence-electron chi connectivity index (χ3n) is 4.81. The van der Waals surface area contributed by atoms with Gasteiger partial charge in [0.15, 0.2) is 0 Å². The summed E-state index contributed by atoms with van der Waals surface area (Å²) in [6.07, 6.45) is 1.28. The van der Waals surface area contributed by atoms with E-state index < -0.39 is 5.41 Å². The summed E-state index contributed by atoms with van der Waals surface area (Å²) in [6, 6.07) is 18.6. The molecule has 0 saturated carbocycles. The van der Waals surface area contributed by atoms with Crippen LogP contribution in [0.3, 0.4) is 0 Å². The van der Waals surface area contributed by atoms with Gasteiger partial charge in [0, 0.05) is 13.1 Å². The van der Waals surface area contributed by atoms with Crippen LogP contribution in [0, 0.1) is 17.1 Å². The number of hydrogen-bond acceptors (Lipinski definition) is 2. The number of halogens is 1. The number of amides is 1. The van der Waals surface area contributed by atoms with Gasteiger partial charge in [-0.05, 0) is 30.0 Å². The van der Waals surface area contributed by atoms with E-state index in [1.807, 2.05) is 30.3 Å². The van der Waals surface area contributed by atoms with E-state index in [9.17, 15) is 14.4 Å². The summed E-state index contributed by atoms with van der Waals surface area (Å²) in [7, 11) is 0. The first-order chi connectivity index (χ1) is 11.6. The number of nitriles is 1. The molecule has 1 aliphatic rings. The van der Waals surface area contributed by atoms with Gasteiger partial charge in [0.05, 0.1) is 17.9 Å². The van der Waals surface area contributed by atoms with E-state index in [1.54, 1.807) is 23.1 Å². The van der Waals surface area contributed by atoms with Crippen LogP contribution in [0.4, 0.5) is 4.39 Å². The molecule has 0 unspecified atom stereocenters. The maximum Gasteiger partial charge on any atom is 0.227 e. The normalized spacial score (nSPS) is 16.4. The van der Waals surface area contributed by atoms with E-state index in [2.05, 4.69) is 6.07 Å². The van der Waals surface area contributed by atoms with Crippen molar-refractivity contribution in [1.29, 1.82) is 5.26 Å². The van der Waals surface area contributed by atoms with Crippen LogP contribution in [0.5, 0.6) is 0 Å². The SMILES string of the molecule is N#CC1(c2ccccc2)CCN(C(=O)Cc2ccccc2F)CC1. The average Bonchev–Trinajstić information content (AvgIpc) is 2.64. The van der Waals surface area contributed by atoms with Crippen LogP contribution in [0.15, 0.2) is 54.6 Å². The number of carbonyl (C=O) groups excluding carboxylic acids is 1. The van der Waals surface area contributed by atoms with Gasteiger partial charge in [0.25, 0.3) is 0 Å². The molecule has 0 N–H and O–H groups in total. The fourth-order valence-electron chi connectivity index (χ4n) is 3.28. The highest BCUT2D eigenvalue weighted by atomic mass is 19.1. The summed E-state index contributed by atoms with van der Waals surface area (Å²) in [5, 5.41) is 9.69. The molecule has 1 fully saturated rings. The third kappa shape index (κ3) is 3.16. The molecule has 0 atom stereocenters. The fourth-order valence-corrected chi connectivity index (χ4v) is 3.28. The second kappa shape index (κ2) is 6.84. The summed E-state index contributed by atoms with van der Waals surface area (Å²) >= 11 is 0. The second-order valence-corrected chi connectivity index (χ2v) is 6.21. The molecule has 1 heterocycles. The molecule has 24 heavy (non-hydrogen) atoms. The van der Waals surface area contributed by atoms with E-state index >= 15 is 0 Å². The van der Waals surface area contributed by atoms with Gasteiger partial charge >= 0.3 is 0 Å². The molecule has 4 heteroatoms. The van der Waals surface area contributed by atoms with Gasteiger partial charge in [-0.3, -0.25) is 4.79 Å². The Hall–Kier alpha value is -2.67. The van der Waals surface area contributed by atoms with E-state index in [0.717, 1.165) is 5.56 Å². The highest BCUT2D eigenvalue weighted by Gasteiger charge is 2.37. The number of benzene rings is 2. The Labute approximate surface area is 141 Å². The van der Waals surface area contributed by atoms with Gasteiger partial charge in [-0.2, -0.15) is 5.26 Å². The highest BCUT2D eigenvalue weighted by Crippen LogP contribution is 2.35. The van der Waals surface area contributed by atoms with Crippen molar-refractivity contribution >= 4 is 5.91 Å². The van der Waals surface area contributed by atoms with Crippen LogP contribution in [0.1, 0.15) is 24.0 Å². The van der Waals surface area contributed by atoms with Crippen LogP contribution in [-0.2, 0) is 16.6 Å². The standard InChI is InChI=1S/C20H19FN2O/c21-18-9-5-4-6-16(18)14-19(24)23-12-10-20(15-22,11-13-23)17-7-2-1-3-8-17/h1-9H,10-14H2. The Morgan fingerprint density at radius 2 is 1.71 bits per heavy atom. The minimum absolute atomic E-state index is 0.0670. The topological polar surface area (TPSA) is 44.1 Å². The Bertz CT molecular complexity index is 759. The zero-order valence-electron chi connectivity index (χ0n) is 13.4. The van der Waals surface area contributed by atoms with Crippen LogP contribution in [0.25, 0.3) is 0 Å². The molecule has 3 rings (SSSR count). The zero-order valence-corrected chi connectivity index (χ0v) is 13.4. The average molecular weight is 322 g/mol. The lowest BCUT2D eigenvalue weighted by Crippen LogP contribution is -2.45. The Morgan fingerprint density at radius 3 is 2.33 bits per heavy atom. The smallest absolute Gasteiger partial charge is 0.227 e. The first-order valence-corrected chi connectivity index (χ1v) is 8.13. The van der Waals surface area contributed by atoms with Crippen molar-refractivity contribution in [3.8, 4) is 6.07 Å². The quantitative estimate of drug-likeness (QED) is 0.869. The summed E-state index contributed by atoms with van der Waals surface area (Å²) in [4.78, 5) is 14.2. The fraction of sp³-hybridized carbons (Fsp3) is 0.300. The summed E-state index contributed by atoms with van der Waals surface area (Å²) in [6.45, 7) is 1.05. The van der Waals surface area contributed by atoms with Gasteiger partial charge in [-0.25, -0.2) is 4.39 Å². The lowest BCUT2D eigenvalue weighted by molar-refractivity contribution is -0.131. The van der Waals surface area contributed by atoms with E-state index in [4.69, 9.17) is 0 Å². The maximum absolute atomic E-state index is 13.7. The molecule has 122 valence electrons. The van der Waals surface area contributed by atoms with E-state index in [1.165, 1.54) is 6.07 Å². The molecule has 0 aromatic heterocycles. The predicted molar refractivity (Wildman–Crippen MR) is 89.7 cm³/mol. The number of rotatable bonds is 3. The largest absolute Gasteiger partial charge is 0.342 e. The first kappa shape index (κ1) is 16.2. The molecule has 2 aromatic carbocycles. The van der Waals surface area contributed by atoms with Crippen LogP contribution >= 0.6 is 0 Å². The van der Waals surface area contributed by atoms with Crippen molar-refractivity contribution < 1.29 is 9.18 Å². The van der Waals surface area contributed by atoms with E-state index in [0.29, 0.717) is 31.5 Å². The van der Waals surface area contributed by atoms with Crippen molar-refractivity contribution in [1.82, 2.24) is 4.90 Å². The maximum atomic E-state index is 13.7. The Balaban J connectivity index is 1.67. The summed E-state index contributed by atoms with van der Waals surface area (Å²) < 4.78 is 13.7. The number of hydrogen-bond donors (Lipinski definition) is 0. The Kier molecular flexibility index (Phi) is 4.61. The molecular weight excluding hydrogens is 303 g/mol. The van der Waals surface area contributed by atoms with Gasteiger partial charge in [-0.1, -0.05) is 48.5 Å². The number of likely N-dealkylation sites (tertiary alicyclic amines) is 1. The van der Waals surface area contributed by atoms with Gasteiger partial charge in [0.1, 0.15) is 5.82 Å². The molecule has 1 saturated heterocycles. The molecule has 0 radical (unpaired) electrons. The summed E-state index contributed by atoms with van der Waals surface area (Å²) in [5.74, 6) is -0.432. The van der Waals surface area contributed by atoms with Gasteiger partial charge in [0.2, 0.25) is 5.91 Å². The van der Waals surface area contributed by atoms with Crippen LogP contribution < -0.4 is 0 Å². The molecule has 1 amide bonds. The van der Waals surface area contributed by atoms with Crippen molar-refractivity contribution in [2.24, 2.45) is 0 Å². The van der Waals surface area contributed by atoms with Gasteiger partial charge < -0.3 is 4.90 Å². The van der Waals surface area contributed by atoms with Crippen molar-refractivity contribution in [2.75, 3.05) is 13.1 Å². The summed E-state index contributed by atoms with van der Waals surface area (Å²) in [5.41, 5.74) is 0.895. The monoisotopic (exact) mass is 322 g/mol. The molecule has 2 aromatic rings. The second-order valence-electron chi connectivity index (χ2n) is 6.21. The van der Waals surface area contributed by atoms with Crippen molar-refractivity contribution in [2.45, 2.75) is 24.7 Å². The van der Waals surface area contributed by atoms with E-state index in [-0.39, 0.29) is 18.1 Å². The lowest BCUT2D eigenvalue weighted by Gasteiger charge is -2.37. The van der Waals surface area contributed by atoms with Crippen molar-refractivity contribution in [3.63, 3.8) is 0 Å². The lowest BCUT2D eigenvalue weighted by atomic mass is 9.74. The predicted octanol–water partition coefficient (Wildman–Crippen LogP) is 3.45. The molecule has 0 spiro atoms. The first-order valence-electron chi connectivity index (χ1n) is 8.13.